The molecule has 4 aromatic heterocycles. The number of carbonyl (C=O) groups is 1. The van der Waals surface area contributed by atoms with Crippen LogP contribution < -0.4 is 5.32 Å². The molecule has 0 saturated carbocycles. The summed E-state index contributed by atoms with van der Waals surface area (Å²) in [5.74, 6) is -2.03. The molecule has 0 spiro atoms. The Morgan fingerprint density at radius 3 is 2.43 bits per heavy atom. The maximum Gasteiger partial charge on any atom is 0.420 e. The molecular formula is C22H13F6N7O2. The third kappa shape index (κ3) is 4.28. The van der Waals surface area contributed by atoms with Gasteiger partial charge in [0.25, 0.3) is 5.91 Å². The van der Waals surface area contributed by atoms with E-state index >= 15 is 0 Å². The van der Waals surface area contributed by atoms with Gasteiger partial charge in [-0.3, -0.25) is 9.48 Å². The second kappa shape index (κ2) is 8.46. The maximum atomic E-state index is 14.2. The van der Waals surface area contributed by atoms with Gasteiger partial charge in [0, 0.05) is 18.0 Å². The zero-order valence-electron chi connectivity index (χ0n) is 18.5. The van der Waals surface area contributed by atoms with Gasteiger partial charge in [0.1, 0.15) is 28.1 Å². The van der Waals surface area contributed by atoms with Gasteiger partial charge in [0.15, 0.2) is 5.82 Å². The van der Waals surface area contributed by atoms with Crippen molar-refractivity contribution in [3.63, 3.8) is 0 Å². The number of pyridine rings is 1. The number of anilines is 1. The smallest absolute Gasteiger partial charge is 0.420 e. The van der Waals surface area contributed by atoms with Gasteiger partial charge in [0.05, 0.1) is 30.5 Å². The Morgan fingerprint density at radius 2 is 1.76 bits per heavy atom. The molecule has 0 saturated heterocycles. The van der Waals surface area contributed by atoms with Crippen molar-refractivity contribution in [2.75, 3.05) is 5.32 Å². The van der Waals surface area contributed by atoms with E-state index in [9.17, 15) is 31.1 Å². The molecule has 0 aliphatic carbocycles. The first-order chi connectivity index (χ1) is 17.4. The molecule has 0 aliphatic heterocycles. The first-order valence-corrected chi connectivity index (χ1v) is 10.3. The van der Waals surface area contributed by atoms with Crippen molar-refractivity contribution < 1.29 is 35.6 Å². The summed E-state index contributed by atoms with van der Waals surface area (Å²) >= 11 is 0. The molecule has 0 unspecified atom stereocenters. The Bertz CT molecular complexity index is 1620. The van der Waals surface area contributed by atoms with Crippen LogP contribution in [0.4, 0.5) is 32.0 Å². The van der Waals surface area contributed by atoms with Crippen LogP contribution in [0.3, 0.4) is 0 Å². The van der Waals surface area contributed by atoms with E-state index < -0.39 is 52.3 Å². The summed E-state index contributed by atoms with van der Waals surface area (Å²) in [4.78, 5) is 17.3. The quantitative estimate of drug-likeness (QED) is 0.330. The molecule has 0 atom stereocenters. The summed E-state index contributed by atoms with van der Waals surface area (Å²) in [5, 5.41) is 13.7. The van der Waals surface area contributed by atoms with E-state index in [4.69, 9.17) is 4.42 Å². The van der Waals surface area contributed by atoms with Crippen molar-refractivity contribution >= 4 is 22.6 Å². The summed E-state index contributed by atoms with van der Waals surface area (Å²) in [7, 11) is 1.11. The third-order valence-electron chi connectivity index (χ3n) is 5.32. The van der Waals surface area contributed by atoms with Crippen LogP contribution >= 0.6 is 0 Å². The van der Waals surface area contributed by atoms with Crippen LogP contribution in [0.2, 0.25) is 0 Å². The number of aryl methyl sites for hydroxylation is 1. The lowest BCUT2D eigenvalue weighted by molar-refractivity contribution is -0.138. The van der Waals surface area contributed by atoms with E-state index in [1.165, 1.54) is 18.4 Å². The average molecular weight is 521 g/mol. The highest BCUT2D eigenvalue weighted by Gasteiger charge is 2.43. The summed E-state index contributed by atoms with van der Waals surface area (Å²) < 4.78 is 89.7. The normalized spacial score (nSPS) is 12.3. The standard InChI is InChI=1S/C22H13F6N7O2/c1-34-17(15(22(26,27)28)16(33-34)13-4-2-3-11-5-8-37-18(11)13)20(36)32-12-9-14(21(23,24)25)19(29-10-12)35-30-6-7-31-35/h2-10H,1H3,(H,32,36). The molecule has 0 radical (unpaired) electrons. The number of aromatic nitrogens is 6. The molecule has 0 fully saturated rings. The molecule has 15 heteroatoms. The molecular weight excluding hydrogens is 508 g/mol. The van der Waals surface area contributed by atoms with Crippen molar-refractivity contribution in [3.05, 3.63) is 72.0 Å². The van der Waals surface area contributed by atoms with Gasteiger partial charge in [-0.2, -0.15) is 41.6 Å². The zero-order chi connectivity index (χ0) is 26.5. The van der Waals surface area contributed by atoms with Crippen LogP contribution in [0.15, 0.2) is 59.6 Å². The lowest BCUT2D eigenvalue weighted by Gasteiger charge is -2.14. The molecule has 1 amide bonds. The number of carbonyl (C=O) groups excluding carboxylic acids is 1. The Kier molecular flexibility index (Phi) is 5.49. The third-order valence-corrected chi connectivity index (χ3v) is 5.32. The first-order valence-electron chi connectivity index (χ1n) is 10.3. The average Bonchev–Trinajstić information content (AvgIpc) is 3.57. The Morgan fingerprint density at radius 1 is 1.03 bits per heavy atom. The second-order valence-electron chi connectivity index (χ2n) is 7.70. The van der Waals surface area contributed by atoms with Gasteiger partial charge < -0.3 is 9.73 Å². The van der Waals surface area contributed by atoms with Crippen LogP contribution in [0.5, 0.6) is 0 Å². The summed E-state index contributed by atoms with van der Waals surface area (Å²) in [6.45, 7) is 0. The predicted octanol–water partition coefficient (Wildman–Crippen LogP) is 5.10. The second-order valence-corrected chi connectivity index (χ2v) is 7.70. The van der Waals surface area contributed by atoms with Crippen molar-refractivity contribution in [3.8, 4) is 17.1 Å². The van der Waals surface area contributed by atoms with E-state index in [0.717, 1.165) is 25.6 Å². The Hall–Kier alpha value is -4.69. The number of hydrogen-bond acceptors (Lipinski definition) is 6. The predicted molar refractivity (Wildman–Crippen MR) is 116 cm³/mol. The number of para-hydroxylation sites is 1. The van der Waals surface area contributed by atoms with Crippen molar-refractivity contribution in [1.82, 2.24) is 29.8 Å². The van der Waals surface area contributed by atoms with Crippen LogP contribution in [-0.4, -0.2) is 35.7 Å². The molecule has 4 heterocycles. The Balaban J connectivity index is 1.59. The highest BCUT2D eigenvalue weighted by Crippen LogP contribution is 2.41. The summed E-state index contributed by atoms with van der Waals surface area (Å²) in [6, 6.07) is 6.56. The fraction of sp³-hybridized carbons (Fsp3) is 0.136. The number of alkyl halides is 6. The molecule has 1 aromatic carbocycles. The van der Waals surface area contributed by atoms with E-state index in [1.807, 2.05) is 0 Å². The Labute approximate surface area is 202 Å². The minimum atomic E-state index is -5.05. The number of halogens is 6. The number of rotatable bonds is 4. The van der Waals surface area contributed by atoms with E-state index in [-0.39, 0.29) is 11.1 Å². The number of fused-ring (bicyclic) bond motifs is 1. The minimum absolute atomic E-state index is 0.0124. The van der Waals surface area contributed by atoms with Crippen LogP contribution in [0.1, 0.15) is 21.6 Å². The summed E-state index contributed by atoms with van der Waals surface area (Å²) in [5.41, 5.74) is -4.57. The van der Waals surface area contributed by atoms with Gasteiger partial charge in [0.2, 0.25) is 0 Å². The molecule has 9 nitrogen and oxygen atoms in total. The van der Waals surface area contributed by atoms with Crippen molar-refractivity contribution in [2.24, 2.45) is 7.05 Å². The van der Waals surface area contributed by atoms with E-state index in [2.05, 4.69) is 25.6 Å². The molecule has 190 valence electrons. The minimum Gasteiger partial charge on any atom is -0.464 e. The van der Waals surface area contributed by atoms with Gasteiger partial charge in [-0.25, -0.2) is 4.98 Å². The first kappa shape index (κ1) is 24.0. The van der Waals surface area contributed by atoms with Gasteiger partial charge in [-0.15, -0.1) is 4.80 Å². The highest BCUT2D eigenvalue weighted by molar-refractivity contribution is 6.06. The number of furan rings is 1. The fourth-order valence-corrected chi connectivity index (χ4v) is 3.83. The molecule has 1 N–H and O–H groups in total. The van der Waals surface area contributed by atoms with Gasteiger partial charge >= 0.3 is 12.4 Å². The highest BCUT2D eigenvalue weighted by atomic mass is 19.4. The van der Waals surface area contributed by atoms with Crippen LogP contribution in [0, 0.1) is 0 Å². The number of amides is 1. The van der Waals surface area contributed by atoms with E-state index in [1.54, 1.807) is 12.1 Å². The molecule has 0 aliphatic rings. The fourth-order valence-electron chi connectivity index (χ4n) is 3.83. The lowest BCUT2D eigenvalue weighted by Crippen LogP contribution is -2.22. The monoisotopic (exact) mass is 521 g/mol. The maximum absolute atomic E-state index is 14.2. The molecule has 0 bridgehead atoms. The number of nitrogens with zero attached hydrogens (tertiary/aromatic N) is 6. The SMILES string of the molecule is Cn1nc(-c2cccc3ccoc23)c(C(F)(F)F)c1C(=O)Nc1cnc(-n2nccn2)c(C(F)(F)F)c1. The molecule has 5 aromatic rings. The van der Waals surface area contributed by atoms with Gasteiger partial charge in [-0.05, 0) is 18.2 Å². The lowest BCUT2D eigenvalue weighted by atomic mass is 10.0. The van der Waals surface area contributed by atoms with Crippen LogP contribution in [0.25, 0.3) is 28.0 Å². The largest absolute Gasteiger partial charge is 0.464 e. The van der Waals surface area contributed by atoms with Crippen LogP contribution in [-0.2, 0) is 19.4 Å². The molecule has 37 heavy (non-hydrogen) atoms. The van der Waals surface area contributed by atoms with Gasteiger partial charge in [-0.1, -0.05) is 12.1 Å². The van der Waals surface area contributed by atoms with Crippen molar-refractivity contribution in [2.45, 2.75) is 12.4 Å². The molecule has 5 rings (SSSR count). The van der Waals surface area contributed by atoms with E-state index in [0.29, 0.717) is 20.9 Å². The summed E-state index contributed by atoms with van der Waals surface area (Å²) in [6.07, 6.45) is -5.56. The van der Waals surface area contributed by atoms with Crippen molar-refractivity contribution in [1.29, 1.82) is 0 Å². The topological polar surface area (TPSA) is 104 Å². The zero-order valence-corrected chi connectivity index (χ0v) is 18.5. The number of hydrogen-bond donors (Lipinski definition) is 1. The number of nitrogens with one attached hydrogen (secondary N) is 1. The number of benzene rings is 1.